The summed E-state index contributed by atoms with van der Waals surface area (Å²) in [5.41, 5.74) is 0.682. The van der Waals surface area contributed by atoms with Gasteiger partial charge in [0.1, 0.15) is 0 Å². The zero-order chi connectivity index (χ0) is 19.4. The van der Waals surface area contributed by atoms with Crippen LogP contribution in [0.25, 0.3) is 0 Å². The summed E-state index contributed by atoms with van der Waals surface area (Å²) in [6.45, 7) is 4.03. The number of carbonyl (C=O) groups is 3. The number of benzene rings is 1. The van der Waals surface area contributed by atoms with E-state index in [0.717, 1.165) is 0 Å². The second-order valence-corrected chi connectivity index (χ2v) is 7.66. The molecule has 146 valence electrons. The molecule has 2 unspecified atom stereocenters. The Morgan fingerprint density at radius 3 is 2.33 bits per heavy atom. The van der Waals surface area contributed by atoms with Gasteiger partial charge in [0.15, 0.2) is 0 Å². The van der Waals surface area contributed by atoms with Gasteiger partial charge in [0.05, 0.1) is 5.92 Å². The zero-order valence-electron chi connectivity index (χ0n) is 15.6. The number of piperidine rings is 2. The first-order valence-electron chi connectivity index (χ1n) is 9.56. The minimum Gasteiger partial charge on any atom is -0.481 e. The fraction of sp³-hybridized carbons (Fsp3) is 0.550. The Labute approximate surface area is 159 Å². The molecule has 0 bridgehead atoms. The molecule has 3 rings (SSSR count). The van der Waals surface area contributed by atoms with Gasteiger partial charge in [-0.25, -0.2) is 4.79 Å². The lowest BCUT2D eigenvalue weighted by Gasteiger charge is -2.37. The van der Waals surface area contributed by atoms with Gasteiger partial charge >= 0.3 is 12.0 Å². The first-order valence-corrected chi connectivity index (χ1v) is 9.56. The Balaban J connectivity index is 1.49. The second kappa shape index (κ2) is 8.41. The van der Waals surface area contributed by atoms with Crippen molar-refractivity contribution in [2.24, 2.45) is 11.8 Å². The summed E-state index contributed by atoms with van der Waals surface area (Å²) >= 11 is 0. The van der Waals surface area contributed by atoms with Crippen LogP contribution in [0.5, 0.6) is 0 Å². The topological polar surface area (TPSA) is 89.9 Å². The maximum atomic E-state index is 12.6. The predicted molar refractivity (Wildman–Crippen MR) is 100 cm³/mol. The molecule has 2 atom stereocenters. The number of rotatable bonds is 3. The lowest BCUT2D eigenvalue weighted by atomic mass is 9.91. The van der Waals surface area contributed by atoms with Crippen molar-refractivity contribution in [1.82, 2.24) is 15.1 Å². The maximum absolute atomic E-state index is 12.6. The lowest BCUT2D eigenvalue weighted by Crippen LogP contribution is -2.53. The van der Waals surface area contributed by atoms with E-state index >= 15 is 0 Å². The summed E-state index contributed by atoms with van der Waals surface area (Å²) in [6, 6.07) is 9.03. The van der Waals surface area contributed by atoms with Crippen molar-refractivity contribution < 1.29 is 19.5 Å². The molecule has 2 heterocycles. The average Bonchev–Trinajstić information content (AvgIpc) is 2.68. The number of nitrogens with zero attached hydrogens (tertiary/aromatic N) is 2. The van der Waals surface area contributed by atoms with Crippen LogP contribution in [-0.2, 0) is 4.79 Å². The van der Waals surface area contributed by atoms with Gasteiger partial charge in [-0.15, -0.1) is 0 Å². The molecule has 2 aliphatic rings. The summed E-state index contributed by atoms with van der Waals surface area (Å²) < 4.78 is 0. The molecule has 0 radical (unpaired) electrons. The van der Waals surface area contributed by atoms with E-state index in [1.807, 2.05) is 42.2 Å². The van der Waals surface area contributed by atoms with Crippen LogP contribution < -0.4 is 5.32 Å². The van der Waals surface area contributed by atoms with Gasteiger partial charge in [0.25, 0.3) is 5.91 Å². The molecule has 0 aromatic heterocycles. The molecule has 27 heavy (non-hydrogen) atoms. The predicted octanol–water partition coefficient (Wildman–Crippen LogP) is 2.04. The van der Waals surface area contributed by atoms with Gasteiger partial charge in [-0.2, -0.15) is 0 Å². The highest BCUT2D eigenvalue weighted by Gasteiger charge is 2.33. The summed E-state index contributed by atoms with van der Waals surface area (Å²) in [5, 5.41) is 12.3. The van der Waals surface area contributed by atoms with Crippen LogP contribution in [0.3, 0.4) is 0 Å². The van der Waals surface area contributed by atoms with Crippen LogP contribution in [0.4, 0.5) is 4.79 Å². The smallest absolute Gasteiger partial charge is 0.317 e. The van der Waals surface area contributed by atoms with Gasteiger partial charge in [0.2, 0.25) is 0 Å². The normalized spacial score (nSPS) is 23.7. The first-order chi connectivity index (χ1) is 12.9. The highest BCUT2D eigenvalue weighted by atomic mass is 16.4. The molecule has 0 saturated carbocycles. The number of hydrogen-bond acceptors (Lipinski definition) is 3. The van der Waals surface area contributed by atoms with E-state index in [1.165, 1.54) is 0 Å². The van der Waals surface area contributed by atoms with E-state index in [1.54, 1.807) is 4.90 Å². The highest BCUT2D eigenvalue weighted by Crippen LogP contribution is 2.22. The number of nitrogens with one attached hydrogen (secondary N) is 1. The third-order valence-electron chi connectivity index (χ3n) is 5.43. The largest absolute Gasteiger partial charge is 0.481 e. The molecule has 7 heteroatoms. The number of likely N-dealkylation sites (tertiary alicyclic amines) is 2. The Morgan fingerprint density at radius 1 is 1.04 bits per heavy atom. The van der Waals surface area contributed by atoms with Gasteiger partial charge in [-0.3, -0.25) is 9.59 Å². The van der Waals surface area contributed by atoms with Crippen molar-refractivity contribution in [1.29, 1.82) is 0 Å². The molecule has 2 aliphatic heterocycles. The molecule has 0 spiro atoms. The summed E-state index contributed by atoms with van der Waals surface area (Å²) in [6.07, 6.45) is 2.02. The van der Waals surface area contributed by atoms with Crippen LogP contribution in [-0.4, -0.2) is 65.0 Å². The zero-order valence-corrected chi connectivity index (χ0v) is 15.6. The third kappa shape index (κ3) is 4.78. The molecule has 7 nitrogen and oxygen atoms in total. The van der Waals surface area contributed by atoms with Crippen molar-refractivity contribution in [3.05, 3.63) is 35.9 Å². The quantitative estimate of drug-likeness (QED) is 0.848. The van der Waals surface area contributed by atoms with Crippen molar-refractivity contribution in [2.75, 3.05) is 26.2 Å². The van der Waals surface area contributed by atoms with E-state index in [2.05, 4.69) is 5.32 Å². The molecule has 2 fully saturated rings. The number of hydrogen-bond donors (Lipinski definition) is 2. The van der Waals surface area contributed by atoms with E-state index in [-0.39, 0.29) is 30.4 Å². The number of carbonyl (C=O) groups excluding carboxylic acids is 2. The van der Waals surface area contributed by atoms with Gasteiger partial charge in [-0.1, -0.05) is 25.1 Å². The standard InChI is InChI=1S/C20H27N3O4/c1-14-11-16(19(25)26)13-23(12-14)20(27)21-17-7-9-22(10-8-17)18(24)15-5-3-2-4-6-15/h2-6,14,16-17H,7-13H2,1H3,(H,21,27)(H,25,26). The fourth-order valence-electron chi connectivity index (χ4n) is 3.95. The Bertz CT molecular complexity index is 686. The monoisotopic (exact) mass is 373 g/mol. The number of carboxylic acids is 1. The molecular weight excluding hydrogens is 346 g/mol. The molecule has 3 amide bonds. The Hall–Kier alpha value is -2.57. The maximum Gasteiger partial charge on any atom is 0.317 e. The fourth-order valence-corrected chi connectivity index (χ4v) is 3.95. The van der Waals surface area contributed by atoms with Crippen LogP contribution in [0, 0.1) is 11.8 Å². The van der Waals surface area contributed by atoms with Gasteiger partial charge in [-0.05, 0) is 37.3 Å². The van der Waals surface area contributed by atoms with Crippen molar-refractivity contribution in [3.8, 4) is 0 Å². The first kappa shape index (κ1) is 19.2. The van der Waals surface area contributed by atoms with Crippen molar-refractivity contribution in [3.63, 3.8) is 0 Å². The minimum atomic E-state index is -0.841. The second-order valence-electron chi connectivity index (χ2n) is 7.66. The Morgan fingerprint density at radius 2 is 1.70 bits per heavy atom. The highest BCUT2D eigenvalue weighted by molar-refractivity contribution is 5.94. The third-order valence-corrected chi connectivity index (χ3v) is 5.43. The number of aliphatic carboxylic acids is 1. The average molecular weight is 373 g/mol. The molecule has 1 aromatic rings. The number of amides is 3. The lowest BCUT2D eigenvalue weighted by molar-refractivity contribution is -0.143. The number of carboxylic acid groups (broad SMARTS) is 1. The molecule has 2 saturated heterocycles. The van der Waals surface area contributed by atoms with E-state index in [4.69, 9.17) is 0 Å². The van der Waals surface area contributed by atoms with E-state index in [0.29, 0.717) is 44.5 Å². The van der Waals surface area contributed by atoms with E-state index < -0.39 is 11.9 Å². The van der Waals surface area contributed by atoms with Gasteiger partial charge < -0.3 is 20.2 Å². The molecular formula is C20H27N3O4. The number of urea groups is 1. The minimum absolute atomic E-state index is 0.0119. The summed E-state index contributed by atoms with van der Waals surface area (Å²) in [5.74, 6) is -1.14. The van der Waals surface area contributed by atoms with Crippen LogP contribution >= 0.6 is 0 Å². The SMILES string of the molecule is CC1CC(C(=O)O)CN(C(=O)NC2CCN(C(=O)c3ccccc3)CC2)C1. The van der Waals surface area contributed by atoms with Crippen molar-refractivity contribution in [2.45, 2.75) is 32.2 Å². The van der Waals surface area contributed by atoms with Crippen molar-refractivity contribution >= 4 is 17.9 Å². The Kier molecular flexibility index (Phi) is 5.98. The van der Waals surface area contributed by atoms with E-state index in [9.17, 15) is 19.5 Å². The molecule has 1 aromatic carbocycles. The molecule has 0 aliphatic carbocycles. The van der Waals surface area contributed by atoms with Crippen LogP contribution in [0.15, 0.2) is 30.3 Å². The van der Waals surface area contributed by atoms with Crippen LogP contribution in [0.2, 0.25) is 0 Å². The molecule has 2 N–H and O–H groups in total. The van der Waals surface area contributed by atoms with Gasteiger partial charge in [0, 0.05) is 37.8 Å². The summed E-state index contributed by atoms with van der Waals surface area (Å²) in [4.78, 5) is 39.8. The van der Waals surface area contributed by atoms with Crippen LogP contribution in [0.1, 0.15) is 36.5 Å². The summed E-state index contributed by atoms with van der Waals surface area (Å²) in [7, 11) is 0.